The number of rotatable bonds is 4. The summed E-state index contributed by atoms with van der Waals surface area (Å²) < 4.78 is 20.4. The van der Waals surface area contributed by atoms with Gasteiger partial charge in [-0.25, -0.2) is 4.39 Å². The van der Waals surface area contributed by atoms with Crippen LogP contribution in [0.1, 0.15) is 27.7 Å². The van der Waals surface area contributed by atoms with Crippen LogP contribution in [0.3, 0.4) is 0 Å². The summed E-state index contributed by atoms with van der Waals surface area (Å²) in [5, 5.41) is 0.394. The van der Waals surface area contributed by atoms with Crippen LogP contribution in [0.5, 0.6) is 0 Å². The zero-order valence-electron chi connectivity index (χ0n) is 15.2. The fourth-order valence-corrected chi connectivity index (χ4v) is 3.56. The number of likely N-dealkylation sites (N-methyl/N-ethyl adjacent to an activating group) is 1. The first kappa shape index (κ1) is 17.4. The minimum atomic E-state index is -0.783. The average Bonchev–Trinajstić information content (AvgIpc) is 2.93. The molecule has 0 spiro atoms. The third-order valence-corrected chi connectivity index (χ3v) is 4.93. The van der Waals surface area contributed by atoms with E-state index in [4.69, 9.17) is 4.42 Å². The van der Waals surface area contributed by atoms with Gasteiger partial charge in [-0.15, -0.1) is 0 Å². The first-order chi connectivity index (χ1) is 13.0. The molecule has 0 unspecified atom stereocenters. The highest BCUT2D eigenvalue weighted by molar-refractivity contribution is 5.99. The van der Waals surface area contributed by atoms with Gasteiger partial charge < -0.3 is 14.2 Å². The fourth-order valence-electron chi connectivity index (χ4n) is 3.56. The molecule has 27 heavy (non-hydrogen) atoms. The van der Waals surface area contributed by atoms with Gasteiger partial charge in [0.25, 0.3) is 5.91 Å². The first-order valence-electron chi connectivity index (χ1n) is 8.89. The number of fused-ring (bicyclic) bond motifs is 2. The van der Waals surface area contributed by atoms with E-state index in [0.717, 1.165) is 4.90 Å². The Balaban J connectivity index is 1.96. The van der Waals surface area contributed by atoms with Gasteiger partial charge in [0.1, 0.15) is 11.4 Å². The zero-order valence-corrected chi connectivity index (χ0v) is 15.2. The van der Waals surface area contributed by atoms with Crippen molar-refractivity contribution in [2.75, 3.05) is 27.2 Å². The molecule has 3 aromatic rings. The molecule has 6 heteroatoms. The normalized spacial score (nSPS) is 16.4. The highest BCUT2D eigenvalue weighted by atomic mass is 19.1. The number of nitrogens with zero attached hydrogens (tertiary/aromatic N) is 1. The van der Waals surface area contributed by atoms with Crippen molar-refractivity contribution >= 4 is 16.9 Å². The summed E-state index contributed by atoms with van der Waals surface area (Å²) in [6.45, 7) is 1.05. The minimum absolute atomic E-state index is 0.0145. The molecule has 1 N–H and O–H groups in total. The standard InChI is InChI=1S/C21H19FN2O3/c1-23(2)11-12-24-18(13-7-3-5-9-15(13)22)17-19(25)14-8-4-6-10-16(14)27-20(17)21(24)26/h3-10,18H,11-12H2,1-2H3/p+1/t18-/m0/s1. The van der Waals surface area contributed by atoms with Crippen molar-refractivity contribution in [3.05, 3.63) is 81.5 Å². The van der Waals surface area contributed by atoms with Gasteiger partial charge in [0.2, 0.25) is 5.76 Å². The van der Waals surface area contributed by atoms with E-state index in [1.54, 1.807) is 47.4 Å². The van der Waals surface area contributed by atoms with E-state index < -0.39 is 11.9 Å². The zero-order chi connectivity index (χ0) is 19.1. The predicted octanol–water partition coefficient (Wildman–Crippen LogP) is 1.62. The lowest BCUT2D eigenvalue weighted by molar-refractivity contribution is -0.857. The van der Waals surface area contributed by atoms with Gasteiger partial charge in [-0.1, -0.05) is 30.3 Å². The van der Waals surface area contributed by atoms with Gasteiger partial charge in [0.05, 0.1) is 44.2 Å². The Morgan fingerprint density at radius 2 is 1.78 bits per heavy atom. The van der Waals surface area contributed by atoms with Crippen molar-refractivity contribution in [3.8, 4) is 0 Å². The second kappa shape index (κ2) is 6.63. The molecule has 0 aliphatic carbocycles. The van der Waals surface area contributed by atoms with Gasteiger partial charge >= 0.3 is 0 Å². The molecular weight excluding hydrogens is 347 g/mol. The number of halogens is 1. The molecule has 2 aromatic carbocycles. The number of quaternary nitrogens is 1. The van der Waals surface area contributed by atoms with Crippen molar-refractivity contribution in [2.24, 2.45) is 0 Å². The van der Waals surface area contributed by atoms with E-state index in [0.29, 0.717) is 29.6 Å². The number of carbonyl (C=O) groups excluding carboxylic acids is 1. The molecule has 0 fully saturated rings. The van der Waals surface area contributed by atoms with Crippen LogP contribution in [0.4, 0.5) is 4.39 Å². The Hall–Kier alpha value is -2.99. The molecule has 1 aromatic heterocycles. The monoisotopic (exact) mass is 367 g/mol. The van der Waals surface area contributed by atoms with E-state index in [-0.39, 0.29) is 22.7 Å². The van der Waals surface area contributed by atoms with Crippen LogP contribution in [0.15, 0.2) is 57.7 Å². The Morgan fingerprint density at radius 3 is 2.52 bits per heavy atom. The second-order valence-electron chi connectivity index (χ2n) is 7.05. The molecule has 1 aliphatic heterocycles. The molecule has 0 radical (unpaired) electrons. The van der Waals surface area contributed by atoms with Gasteiger partial charge in [0, 0.05) is 5.56 Å². The van der Waals surface area contributed by atoms with E-state index in [1.807, 2.05) is 14.1 Å². The summed E-state index contributed by atoms with van der Waals surface area (Å²) in [6, 6.07) is 12.3. The van der Waals surface area contributed by atoms with Crippen molar-refractivity contribution in [2.45, 2.75) is 6.04 Å². The fraction of sp³-hybridized carbons (Fsp3) is 0.238. The van der Waals surface area contributed by atoms with Crippen molar-refractivity contribution in [1.29, 1.82) is 0 Å². The Kier molecular flexibility index (Phi) is 4.28. The predicted molar refractivity (Wildman–Crippen MR) is 99.4 cm³/mol. The summed E-state index contributed by atoms with van der Waals surface area (Å²) in [4.78, 5) is 28.9. The number of para-hydroxylation sites is 1. The van der Waals surface area contributed by atoms with Crippen LogP contribution in [0, 0.1) is 5.82 Å². The molecule has 5 nitrogen and oxygen atoms in total. The van der Waals surface area contributed by atoms with Gasteiger partial charge in [-0.3, -0.25) is 9.59 Å². The molecule has 1 aliphatic rings. The molecule has 4 rings (SSSR count). The SMILES string of the molecule is C[NH+](C)CCN1C(=O)c2oc3ccccc3c(=O)c2[C@@H]1c1ccccc1F. The molecule has 138 valence electrons. The highest BCUT2D eigenvalue weighted by Gasteiger charge is 2.43. The summed E-state index contributed by atoms with van der Waals surface area (Å²) in [5.74, 6) is -0.805. The van der Waals surface area contributed by atoms with E-state index in [1.165, 1.54) is 6.07 Å². The smallest absolute Gasteiger partial charge is 0.291 e. The lowest BCUT2D eigenvalue weighted by atomic mass is 9.98. The summed E-state index contributed by atoms with van der Waals surface area (Å²) in [7, 11) is 3.95. The number of nitrogens with one attached hydrogen (secondary N) is 1. The van der Waals surface area contributed by atoms with Crippen LogP contribution in [-0.4, -0.2) is 38.0 Å². The Bertz CT molecular complexity index is 1090. The van der Waals surface area contributed by atoms with Crippen LogP contribution in [0.25, 0.3) is 11.0 Å². The van der Waals surface area contributed by atoms with E-state index >= 15 is 0 Å². The largest absolute Gasteiger partial charge is 0.450 e. The second-order valence-corrected chi connectivity index (χ2v) is 7.05. The highest BCUT2D eigenvalue weighted by Crippen LogP contribution is 2.38. The number of carbonyl (C=O) groups is 1. The quantitative estimate of drug-likeness (QED) is 0.763. The Morgan fingerprint density at radius 1 is 1.07 bits per heavy atom. The van der Waals surface area contributed by atoms with Crippen LogP contribution < -0.4 is 10.3 Å². The first-order valence-corrected chi connectivity index (χ1v) is 8.89. The van der Waals surface area contributed by atoms with Crippen LogP contribution >= 0.6 is 0 Å². The van der Waals surface area contributed by atoms with E-state index in [2.05, 4.69) is 0 Å². The topological polar surface area (TPSA) is 55.0 Å². The van der Waals surface area contributed by atoms with Crippen molar-refractivity contribution in [1.82, 2.24) is 4.90 Å². The van der Waals surface area contributed by atoms with Crippen LogP contribution in [-0.2, 0) is 0 Å². The number of hydrogen-bond acceptors (Lipinski definition) is 3. The maximum atomic E-state index is 14.6. The lowest BCUT2D eigenvalue weighted by Crippen LogP contribution is -3.06. The molecule has 0 saturated carbocycles. The van der Waals surface area contributed by atoms with Gasteiger partial charge in [-0.05, 0) is 18.2 Å². The van der Waals surface area contributed by atoms with Crippen molar-refractivity contribution in [3.63, 3.8) is 0 Å². The third kappa shape index (κ3) is 2.82. The summed E-state index contributed by atoms with van der Waals surface area (Å²) in [5.41, 5.74) is 0.605. The number of benzene rings is 2. The number of amides is 1. The summed E-state index contributed by atoms with van der Waals surface area (Å²) in [6.07, 6.45) is 0. The van der Waals surface area contributed by atoms with Crippen LogP contribution in [0.2, 0.25) is 0 Å². The molecule has 2 heterocycles. The molecule has 0 saturated heterocycles. The minimum Gasteiger partial charge on any atom is -0.450 e. The molecule has 0 bridgehead atoms. The maximum absolute atomic E-state index is 14.6. The van der Waals surface area contributed by atoms with Gasteiger partial charge in [-0.2, -0.15) is 0 Å². The van der Waals surface area contributed by atoms with Gasteiger partial charge in [0.15, 0.2) is 5.43 Å². The number of hydrogen-bond donors (Lipinski definition) is 1. The molecular formula is C21H20FN2O3+. The Labute approximate surface area is 155 Å². The molecule has 1 atom stereocenters. The lowest BCUT2D eigenvalue weighted by Gasteiger charge is -2.25. The summed E-state index contributed by atoms with van der Waals surface area (Å²) >= 11 is 0. The molecule has 1 amide bonds. The van der Waals surface area contributed by atoms with Crippen molar-refractivity contribution < 1.29 is 18.5 Å². The van der Waals surface area contributed by atoms with E-state index in [9.17, 15) is 14.0 Å². The third-order valence-electron chi connectivity index (χ3n) is 4.93. The maximum Gasteiger partial charge on any atom is 0.291 e. The average molecular weight is 367 g/mol.